The summed E-state index contributed by atoms with van der Waals surface area (Å²) in [6, 6.07) is 0.0995. The van der Waals surface area contributed by atoms with Crippen LogP contribution < -0.4 is 0 Å². The van der Waals surface area contributed by atoms with Crippen molar-refractivity contribution >= 4 is 9.84 Å². The van der Waals surface area contributed by atoms with E-state index in [1.807, 2.05) is 6.92 Å². The summed E-state index contributed by atoms with van der Waals surface area (Å²) in [5, 5.41) is 8.42. The number of sulfone groups is 1. The summed E-state index contributed by atoms with van der Waals surface area (Å²) in [5.74, 6) is 0.275. The molecule has 4 nitrogen and oxygen atoms in total. The Hall–Kier alpha value is -0.130. The first-order valence-corrected chi connectivity index (χ1v) is 7.27. The predicted octanol–water partition coefficient (Wildman–Crippen LogP) is 0.266. The minimum Gasteiger partial charge on any atom is -0.396 e. The van der Waals surface area contributed by atoms with E-state index in [1.165, 1.54) is 0 Å². The van der Waals surface area contributed by atoms with Gasteiger partial charge in [-0.05, 0) is 33.2 Å². The van der Waals surface area contributed by atoms with Crippen molar-refractivity contribution in [1.29, 1.82) is 0 Å². The van der Waals surface area contributed by atoms with Gasteiger partial charge in [-0.2, -0.15) is 0 Å². The van der Waals surface area contributed by atoms with Gasteiger partial charge >= 0.3 is 0 Å². The lowest BCUT2D eigenvalue weighted by Crippen LogP contribution is -2.52. The topological polar surface area (TPSA) is 57.6 Å². The predicted molar refractivity (Wildman–Crippen MR) is 60.6 cm³/mol. The first kappa shape index (κ1) is 12.9. The largest absolute Gasteiger partial charge is 0.396 e. The maximum absolute atomic E-state index is 11.6. The summed E-state index contributed by atoms with van der Waals surface area (Å²) >= 11 is 0. The lowest BCUT2D eigenvalue weighted by molar-refractivity contribution is 0.193. The quantitative estimate of drug-likeness (QED) is 0.711. The van der Waals surface area contributed by atoms with Crippen LogP contribution in [0.1, 0.15) is 26.7 Å². The minimum atomic E-state index is -2.87. The molecule has 90 valence electrons. The van der Waals surface area contributed by atoms with Crippen LogP contribution in [0.15, 0.2) is 0 Å². The zero-order valence-electron chi connectivity index (χ0n) is 9.52. The third-order valence-electron chi connectivity index (χ3n) is 3.34. The smallest absolute Gasteiger partial charge is 0.155 e. The Kier molecular flexibility index (Phi) is 4.55. The van der Waals surface area contributed by atoms with Gasteiger partial charge in [-0.1, -0.05) is 0 Å². The van der Waals surface area contributed by atoms with E-state index >= 15 is 0 Å². The number of hydrogen-bond acceptors (Lipinski definition) is 4. The molecule has 1 rings (SSSR count). The van der Waals surface area contributed by atoms with Gasteiger partial charge in [0.05, 0.1) is 11.0 Å². The Bertz CT molecular complexity index is 289. The van der Waals surface area contributed by atoms with Gasteiger partial charge in [0.15, 0.2) is 9.84 Å². The zero-order chi connectivity index (χ0) is 11.5. The number of unbranched alkanes of at least 4 members (excludes halogenated alkanes) is 1. The molecule has 0 aromatic carbocycles. The number of aliphatic hydroxyl groups is 1. The summed E-state index contributed by atoms with van der Waals surface area (Å²) in [7, 11) is -2.87. The van der Waals surface area contributed by atoms with Crippen molar-refractivity contribution in [1.82, 2.24) is 4.90 Å². The number of aliphatic hydroxyl groups excluding tert-OH is 1. The van der Waals surface area contributed by atoms with Crippen molar-refractivity contribution in [3.63, 3.8) is 0 Å². The molecule has 15 heavy (non-hydrogen) atoms. The third-order valence-corrected chi connectivity index (χ3v) is 5.62. The van der Waals surface area contributed by atoms with Gasteiger partial charge < -0.3 is 5.11 Å². The fourth-order valence-electron chi connectivity index (χ4n) is 1.97. The van der Waals surface area contributed by atoms with Crippen LogP contribution in [0, 0.1) is 0 Å². The van der Waals surface area contributed by atoms with Crippen molar-refractivity contribution in [2.75, 3.05) is 25.4 Å². The van der Waals surface area contributed by atoms with Gasteiger partial charge in [0.25, 0.3) is 0 Å². The Balaban J connectivity index is 2.50. The van der Waals surface area contributed by atoms with Crippen LogP contribution in [0.5, 0.6) is 0 Å². The molecule has 2 atom stereocenters. The fraction of sp³-hybridized carbons (Fsp3) is 1.00. The van der Waals surface area contributed by atoms with Crippen LogP contribution >= 0.6 is 0 Å². The second-order valence-corrected chi connectivity index (χ2v) is 6.76. The highest BCUT2D eigenvalue weighted by Crippen LogP contribution is 2.19. The first-order valence-electron chi connectivity index (χ1n) is 5.55. The minimum absolute atomic E-state index is 0.0995. The van der Waals surface area contributed by atoms with E-state index in [4.69, 9.17) is 5.11 Å². The van der Waals surface area contributed by atoms with E-state index in [-0.39, 0.29) is 23.7 Å². The Morgan fingerprint density at radius 3 is 2.60 bits per heavy atom. The third kappa shape index (κ3) is 3.16. The molecular weight excluding hydrogens is 214 g/mol. The average Bonchev–Trinajstić information content (AvgIpc) is 2.19. The highest BCUT2D eigenvalue weighted by molar-refractivity contribution is 7.92. The molecule has 1 N–H and O–H groups in total. The van der Waals surface area contributed by atoms with Gasteiger partial charge in [0.1, 0.15) is 0 Å². The molecule has 0 saturated carbocycles. The van der Waals surface area contributed by atoms with Crippen molar-refractivity contribution in [3.8, 4) is 0 Å². The molecule has 1 saturated heterocycles. The molecule has 1 heterocycles. The van der Waals surface area contributed by atoms with Crippen LogP contribution in [0.25, 0.3) is 0 Å². The molecule has 2 unspecified atom stereocenters. The highest BCUT2D eigenvalue weighted by atomic mass is 32.2. The Labute approximate surface area is 92.2 Å². The van der Waals surface area contributed by atoms with E-state index in [9.17, 15) is 8.42 Å². The summed E-state index contributed by atoms with van der Waals surface area (Å²) in [4.78, 5) is 2.21. The van der Waals surface area contributed by atoms with Gasteiger partial charge in [-0.25, -0.2) is 8.42 Å². The summed E-state index contributed by atoms with van der Waals surface area (Å²) in [5.41, 5.74) is 0. The molecule has 0 radical (unpaired) electrons. The van der Waals surface area contributed by atoms with Gasteiger partial charge in [-0.3, -0.25) is 4.90 Å². The SMILES string of the molecule is CC1C(C)S(=O)(=O)CCN1CCCCO. The molecule has 1 aliphatic heterocycles. The van der Waals surface area contributed by atoms with Crippen LogP contribution in [-0.2, 0) is 9.84 Å². The van der Waals surface area contributed by atoms with Gasteiger partial charge in [0.2, 0.25) is 0 Å². The van der Waals surface area contributed by atoms with E-state index in [2.05, 4.69) is 4.90 Å². The van der Waals surface area contributed by atoms with Gasteiger partial charge in [-0.15, -0.1) is 0 Å². The van der Waals surface area contributed by atoms with Crippen molar-refractivity contribution in [3.05, 3.63) is 0 Å². The van der Waals surface area contributed by atoms with Crippen molar-refractivity contribution in [2.45, 2.75) is 38.0 Å². The number of hydrogen-bond donors (Lipinski definition) is 1. The summed E-state index contributed by atoms with van der Waals surface area (Å²) in [6.07, 6.45) is 1.73. The molecule has 0 aromatic rings. The molecule has 0 amide bonds. The summed E-state index contributed by atoms with van der Waals surface area (Å²) in [6.45, 7) is 5.51. The molecule has 0 aliphatic carbocycles. The lowest BCUT2D eigenvalue weighted by Gasteiger charge is -2.37. The van der Waals surface area contributed by atoms with Crippen LogP contribution in [-0.4, -0.2) is 55.2 Å². The molecule has 0 spiro atoms. The lowest BCUT2D eigenvalue weighted by atomic mass is 10.2. The standard InChI is InChI=1S/C10H21NO3S/c1-9-10(2)15(13,14)8-6-11(9)5-3-4-7-12/h9-10,12H,3-8H2,1-2H3. The summed E-state index contributed by atoms with van der Waals surface area (Å²) < 4.78 is 23.2. The van der Waals surface area contributed by atoms with E-state index in [1.54, 1.807) is 6.92 Å². The van der Waals surface area contributed by atoms with Crippen molar-refractivity contribution < 1.29 is 13.5 Å². The zero-order valence-corrected chi connectivity index (χ0v) is 10.3. The van der Waals surface area contributed by atoms with Gasteiger partial charge in [0, 0.05) is 19.2 Å². The van der Waals surface area contributed by atoms with E-state index < -0.39 is 9.84 Å². The average molecular weight is 235 g/mol. The van der Waals surface area contributed by atoms with Crippen LogP contribution in [0.4, 0.5) is 0 Å². The maximum atomic E-state index is 11.6. The number of nitrogens with zero attached hydrogens (tertiary/aromatic N) is 1. The van der Waals surface area contributed by atoms with Crippen LogP contribution in [0.3, 0.4) is 0 Å². The molecular formula is C10H21NO3S. The monoisotopic (exact) mass is 235 g/mol. The maximum Gasteiger partial charge on any atom is 0.155 e. The van der Waals surface area contributed by atoms with Crippen LogP contribution in [0.2, 0.25) is 0 Å². The molecule has 0 aromatic heterocycles. The normalized spacial score (nSPS) is 31.7. The Morgan fingerprint density at radius 2 is 2.00 bits per heavy atom. The number of rotatable bonds is 4. The highest BCUT2D eigenvalue weighted by Gasteiger charge is 2.35. The first-order chi connectivity index (χ1) is 6.99. The second-order valence-electron chi connectivity index (χ2n) is 4.28. The fourth-order valence-corrected chi connectivity index (χ4v) is 3.61. The molecule has 5 heteroatoms. The Morgan fingerprint density at radius 1 is 1.33 bits per heavy atom. The van der Waals surface area contributed by atoms with Crippen molar-refractivity contribution in [2.24, 2.45) is 0 Å². The van der Waals surface area contributed by atoms with E-state index in [0.717, 1.165) is 19.4 Å². The molecule has 0 bridgehead atoms. The van der Waals surface area contributed by atoms with E-state index in [0.29, 0.717) is 6.54 Å². The second kappa shape index (κ2) is 5.27. The molecule has 1 fully saturated rings. The molecule has 1 aliphatic rings.